The summed E-state index contributed by atoms with van der Waals surface area (Å²) in [4.78, 5) is 41.1. The van der Waals surface area contributed by atoms with E-state index >= 15 is 0 Å². The molecule has 7 heteroatoms. The van der Waals surface area contributed by atoms with Crippen molar-refractivity contribution < 1.29 is 23.2 Å². The summed E-state index contributed by atoms with van der Waals surface area (Å²) in [5.41, 5.74) is 0.857. The molecule has 2 heterocycles. The van der Waals surface area contributed by atoms with E-state index in [-0.39, 0.29) is 23.9 Å². The van der Waals surface area contributed by atoms with E-state index < -0.39 is 23.3 Å². The number of hydrogen-bond donors (Lipinski definition) is 0. The zero-order valence-corrected chi connectivity index (χ0v) is 16.4. The number of anilines is 1. The van der Waals surface area contributed by atoms with Gasteiger partial charge in [-0.2, -0.15) is 0 Å². The number of piperidine rings is 1. The van der Waals surface area contributed by atoms with Crippen LogP contribution in [-0.2, 0) is 4.79 Å². The third kappa shape index (κ3) is 3.97. The second-order valence-electron chi connectivity index (χ2n) is 7.78. The van der Waals surface area contributed by atoms with Gasteiger partial charge in [0, 0.05) is 43.2 Å². The Morgan fingerprint density at radius 3 is 2.60 bits per heavy atom. The number of ketones is 1. The number of amides is 2. The molecule has 0 saturated carbocycles. The molecule has 2 amide bonds. The van der Waals surface area contributed by atoms with Crippen LogP contribution in [0.3, 0.4) is 0 Å². The second-order valence-corrected chi connectivity index (χ2v) is 7.78. The highest BCUT2D eigenvalue weighted by Gasteiger charge is 2.31. The molecular formula is C23H22F2N2O3. The number of hydrogen-bond acceptors (Lipinski definition) is 3. The van der Waals surface area contributed by atoms with Crippen molar-refractivity contribution in [1.82, 2.24) is 4.90 Å². The van der Waals surface area contributed by atoms with Gasteiger partial charge in [-0.25, -0.2) is 8.78 Å². The van der Waals surface area contributed by atoms with Crippen molar-refractivity contribution in [2.45, 2.75) is 25.7 Å². The van der Waals surface area contributed by atoms with Gasteiger partial charge in [-0.15, -0.1) is 0 Å². The maximum atomic E-state index is 14.0. The summed E-state index contributed by atoms with van der Waals surface area (Å²) in [5.74, 6) is -2.69. The molecule has 5 nitrogen and oxygen atoms in total. The van der Waals surface area contributed by atoms with E-state index in [0.717, 1.165) is 24.6 Å². The van der Waals surface area contributed by atoms with Crippen molar-refractivity contribution in [3.8, 4) is 0 Å². The van der Waals surface area contributed by atoms with Gasteiger partial charge in [-0.05, 0) is 55.7 Å². The largest absolute Gasteiger partial charge is 0.338 e. The first-order valence-electron chi connectivity index (χ1n) is 10.1. The van der Waals surface area contributed by atoms with Crippen LogP contribution >= 0.6 is 0 Å². The molecule has 0 N–H and O–H groups in total. The number of halogens is 2. The maximum Gasteiger partial charge on any atom is 0.253 e. The zero-order chi connectivity index (χ0) is 21.3. The highest BCUT2D eigenvalue weighted by Crippen LogP contribution is 2.26. The molecule has 2 aliphatic rings. The lowest BCUT2D eigenvalue weighted by Gasteiger charge is -2.32. The number of carbonyl (C=O) groups excluding carboxylic acids is 3. The van der Waals surface area contributed by atoms with Gasteiger partial charge in [-0.1, -0.05) is 6.07 Å². The van der Waals surface area contributed by atoms with Crippen LogP contribution in [0.1, 0.15) is 46.4 Å². The Morgan fingerprint density at radius 1 is 1.00 bits per heavy atom. The van der Waals surface area contributed by atoms with E-state index in [0.29, 0.717) is 43.6 Å². The summed E-state index contributed by atoms with van der Waals surface area (Å²) in [6.07, 6.45) is 2.42. The van der Waals surface area contributed by atoms with E-state index in [1.165, 1.54) is 0 Å². The molecule has 2 aromatic rings. The second kappa shape index (κ2) is 8.34. The molecule has 156 valence electrons. The van der Waals surface area contributed by atoms with Crippen LogP contribution in [0, 0.1) is 17.6 Å². The fourth-order valence-corrected chi connectivity index (χ4v) is 4.19. The van der Waals surface area contributed by atoms with Gasteiger partial charge in [-0.3, -0.25) is 14.4 Å². The predicted molar refractivity (Wildman–Crippen MR) is 107 cm³/mol. The van der Waals surface area contributed by atoms with Crippen molar-refractivity contribution in [3.05, 3.63) is 65.2 Å². The van der Waals surface area contributed by atoms with Crippen LogP contribution in [0.15, 0.2) is 42.5 Å². The van der Waals surface area contributed by atoms with E-state index in [4.69, 9.17) is 0 Å². The third-order valence-electron chi connectivity index (χ3n) is 5.75. The summed E-state index contributed by atoms with van der Waals surface area (Å²) < 4.78 is 27.5. The summed E-state index contributed by atoms with van der Waals surface area (Å²) in [6, 6.07) is 9.75. The zero-order valence-electron chi connectivity index (χ0n) is 16.4. The Balaban J connectivity index is 1.51. The SMILES string of the molecule is O=C(c1cc(F)ccc1F)[C@@H]1CCCN(C(=O)c2cccc(N3CCCC3=O)c2)C1. The minimum absolute atomic E-state index is 0.0420. The van der Waals surface area contributed by atoms with Crippen molar-refractivity contribution >= 4 is 23.3 Å². The average molecular weight is 412 g/mol. The molecule has 2 saturated heterocycles. The summed E-state index contributed by atoms with van der Waals surface area (Å²) in [7, 11) is 0. The van der Waals surface area contributed by atoms with Gasteiger partial charge >= 0.3 is 0 Å². The number of rotatable bonds is 4. The Hall–Kier alpha value is -3.09. The van der Waals surface area contributed by atoms with Crippen molar-refractivity contribution in [2.24, 2.45) is 5.92 Å². The van der Waals surface area contributed by atoms with Crippen LogP contribution in [0.4, 0.5) is 14.5 Å². The van der Waals surface area contributed by atoms with Gasteiger partial charge in [0.1, 0.15) is 11.6 Å². The van der Waals surface area contributed by atoms with Crippen molar-refractivity contribution in [2.75, 3.05) is 24.5 Å². The quantitative estimate of drug-likeness (QED) is 0.718. The highest BCUT2D eigenvalue weighted by atomic mass is 19.1. The van der Waals surface area contributed by atoms with Crippen LogP contribution in [0.5, 0.6) is 0 Å². The van der Waals surface area contributed by atoms with Gasteiger partial charge in [0.2, 0.25) is 5.91 Å². The molecule has 1 atom stereocenters. The molecule has 4 rings (SSSR count). The lowest BCUT2D eigenvalue weighted by atomic mass is 9.89. The number of nitrogens with zero attached hydrogens (tertiary/aromatic N) is 2. The van der Waals surface area contributed by atoms with E-state index in [1.807, 2.05) is 0 Å². The third-order valence-corrected chi connectivity index (χ3v) is 5.75. The Labute approximate surface area is 173 Å². The topological polar surface area (TPSA) is 57.7 Å². The van der Waals surface area contributed by atoms with Gasteiger partial charge in [0.25, 0.3) is 5.91 Å². The molecule has 2 aromatic carbocycles. The van der Waals surface area contributed by atoms with Gasteiger partial charge < -0.3 is 9.80 Å². The first-order valence-corrected chi connectivity index (χ1v) is 10.1. The van der Waals surface area contributed by atoms with Crippen LogP contribution in [0.25, 0.3) is 0 Å². The lowest BCUT2D eigenvalue weighted by Crippen LogP contribution is -2.42. The average Bonchev–Trinajstić information content (AvgIpc) is 3.20. The molecule has 0 radical (unpaired) electrons. The molecule has 0 unspecified atom stereocenters. The summed E-state index contributed by atoms with van der Waals surface area (Å²) >= 11 is 0. The Kier molecular flexibility index (Phi) is 5.61. The fraction of sp³-hybridized carbons (Fsp3) is 0.348. The number of likely N-dealkylation sites (tertiary alicyclic amines) is 1. The first kappa shape index (κ1) is 20.2. The van der Waals surface area contributed by atoms with Crippen LogP contribution in [0.2, 0.25) is 0 Å². The van der Waals surface area contributed by atoms with Crippen molar-refractivity contribution in [1.29, 1.82) is 0 Å². The minimum atomic E-state index is -0.757. The lowest BCUT2D eigenvalue weighted by molar-refractivity contribution is -0.117. The molecule has 30 heavy (non-hydrogen) atoms. The Morgan fingerprint density at radius 2 is 1.83 bits per heavy atom. The minimum Gasteiger partial charge on any atom is -0.338 e. The number of carbonyl (C=O) groups is 3. The molecule has 2 aliphatic heterocycles. The van der Waals surface area contributed by atoms with Crippen molar-refractivity contribution in [3.63, 3.8) is 0 Å². The standard InChI is InChI=1S/C23H22F2N2O3/c24-17-8-9-20(25)19(13-17)22(29)16-5-2-10-26(14-16)23(30)15-4-1-6-18(12-15)27-11-3-7-21(27)28/h1,4,6,8-9,12-13,16H,2-3,5,7,10-11,14H2/t16-/m1/s1. The van der Waals surface area contributed by atoms with Crippen LogP contribution in [-0.4, -0.2) is 42.1 Å². The van der Waals surface area contributed by atoms with Crippen LogP contribution < -0.4 is 4.90 Å². The number of benzene rings is 2. The van der Waals surface area contributed by atoms with E-state index in [9.17, 15) is 23.2 Å². The highest BCUT2D eigenvalue weighted by molar-refractivity contribution is 6.01. The summed E-state index contributed by atoms with van der Waals surface area (Å²) in [5, 5.41) is 0. The molecule has 0 aliphatic carbocycles. The fourth-order valence-electron chi connectivity index (χ4n) is 4.19. The first-order chi connectivity index (χ1) is 14.4. The maximum absolute atomic E-state index is 14.0. The molecule has 0 aromatic heterocycles. The molecule has 2 fully saturated rings. The predicted octanol–water partition coefficient (Wildman–Crippen LogP) is 3.83. The van der Waals surface area contributed by atoms with Gasteiger partial charge in [0.05, 0.1) is 5.56 Å². The van der Waals surface area contributed by atoms with Gasteiger partial charge in [0.15, 0.2) is 5.78 Å². The normalized spacial score (nSPS) is 19.3. The summed E-state index contributed by atoms with van der Waals surface area (Å²) in [6.45, 7) is 1.28. The monoisotopic (exact) mass is 412 g/mol. The molecular weight excluding hydrogens is 390 g/mol. The molecule has 0 spiro atoms. The smallest absolute Gasteiger partial charge is 0.253 e. The van der Waals surface area contributed by atoms with E-state index in [1.54, 1.807) is 34.1 Å². The Bertz CT molecular complexity index is 1010. The number of Topliss-reactive ketones (excluding diaryl/α,β-unsaturated/α-hetero) is 1. The van der Waals surface area contributed by atoms with E-state index in [2.05, 4.69) is 0 Å². The molecule has 0 bridgehead atoms.